The molecule has 6 heteroatoms. The third-order valence-corrected chi connectivity index (χ3v) is 6.97. The summed E-state index contributed by atoms with van der Waals surface area (Å²) < 4.78 is 12.7. The van der Waals surface area contributed by atoms with E-state index in [1.165, 1.54) is 0 Å². The van der Waals surface area contributed by atoms with Gasteiger partial charge in [-0.3, -0.25) is 9.69 Å². The number of carbonyl (C=O) groups is 1. The Morgan fingerprint density at radius 1 is 0.906 bits per heavy atom. The Labute approximate surface area is 192 Å². The van der Waals surface area contributed by atoms with Crippen molar-refractivity contribution in [2.75, 3.05) is 13.2 Å². The minimum absolute atomic E-state index is 0.0198. The molecule has 2 bridgehead atoms. The Kier molecular flexibility index (Phi) is 4.81. The number of halogens is 1. The number of nitrogens with zero attached hydrogens (tertiary/aromatic N) is 2. The first-order chi connectivity index (χ1) is 15.7. The van der Waals surface area contributed by atoms with Crippen LogP contribution >= 0.6 is 11.6 Å². The molecule has 5 nitrogen and oxygen atoms in total. The molecule has 1 amide bonds. The zero-order chi connectivity index (χ0) is 21.7. The van der Waals surface area contributed by atoms with E-state index in [0.29, 0.717) is 24.8 Å². The lowest BCUT2D eigenvalue weighted by atomic mass is 9.93. The summed E-state index contributed by atoms with van der Waals surface area (Å²) in [6.07, 6.45) is -0.590. The summed E-state index contributed by atoms with van der Waals surface area (Å²) in [5.41, 5.74) is 3.23. The van der Waals surface area contributed by atoms with Crippen LogP contribution in [0.4, 0.5) is 0 Å². The maximum Gasteiger partial charge on any atom is 0.257 e. The zero-order valence-corrected chi connectivity index (χ0v) is 18.2. The summed E-state index contributed by atoms with van der Waals surface area (Å²) >= 11 is 6.15. The van der Waals surface area contributed by atoms with Crippen molar-refractivity contribution in [3.05, 3.63) is 107 Å². The molecule has 0 unspecified atom stereocenters. The fourth-order valence-electron chi connectivity index (χ4n) is 5.30. The summed E-state index contributed by atoms with van der Waals surface area (Å²) in [5, 5.41) is 0.670. The Balaban J connectivity index is 1.45. The fraction of sp³-hybridized carbons (Fsp3) is 0.269. The van der Waals surface area contributed by atoms with Gasteiger partial charge in [0.1, 0.15) is 6.61 Å². The molecule has 0 aromatic heterocycles. The number of ether oxygens (including phenoxy) is 2. The molecule has 3 fully saturated rings. The average Bonchev–Trinajstić information content (AvgIpc) is 3.30. The molecule has 0 radical (unpaired) electrons. The van der Waals surface area contributed by atoms with Crippen LogP contribution in [0.1, 0.15) is 28.8 Å². The van der Waals surface area contributed by atoms with Gasteiger partial charge in [0.15, 0.2) is 6.10 Å². The van der Waals surface area contributed by atoms with Crippen LogP contribution in [-0.2, 0) is 20.8 Å². The van der Waals surface area contributed by atoms with Gasteiger partial charge >= 0.3 is 0 Å². The van der Waals surface area contributed by atoms with Crippen molar-refractivity contribution in [2.24, 2.45) is 0 Å². The number of hydrogen-bond acceptors (Lipinski definition) is 4. The minimum Gasteiger partial charge on any atom is -0.372 e. The molecule has 3 aliphatic heterocycles. The van der Waals surface area contributed by atoms with Crippen LogP contribution < -0.4 is 0 Å². The van der Waals surface area contributed by atoms with Crippen LogP contribution in [0.15, 0.2) is 84.9 Å². The van der Waals surface area contributed by atoms with E-state index in [4.69, 9.17) is 21.1 Å². The summed E-state index contributed by atoms with van der Waals surface area (Å²) in [6.45, 7) is 1.41. The Hall–Kier alpha value is -2.70. The van der Waals surface area contributed by atoms with Gasteiger partial charge in [-0.05, 0) is 28.8 Å². The van der Waals surface area contributed by atoms with Crippen LogP contribution in [0.25, 0.3) is 0 Å². The highest BCUT2D eigenvalue weighted by atomic mass is 35.5. The third kappa shape index (κ3) is 3.00. The minimum atomic E-state index is -0.944. The van der Waals surface area contributed by atoms with Gasteiger partial charge in [-0.1, -0.05) is 84.4 Å². The van der Waals surface area contributed by atoms with Crippen molar-refractivity contribution in [1.29, 1.82) is 0 Å². The zero-order valence-electron chi connectivity index (χ0n) is 17.4. The van der Waals surface area contributed by atoms with Crippen molar-refractivity contribution in [1.82, 2.24) is 9.80 Å². The Bertz CT molecular complexity index is 1120. The molecule has 3 heterocycles. The van der Waals surface area contributed by atoms with Gasteiger partial charge in [0, 0.05) is 11.6 Å². The van der Waals surface area contributed by atoms with Gasteiger partial charge in [0.2, 0.25) is 5.85 Å². The molecule has 0 aliphatic carbocycles. The smallest absolute Gasteiger partial charge is 0.257 e. The predicted molar refractivity (Wildman–Crippen MR) is 121 cm³/mol. The lowest BCUT2D eigenvalue weighted by Crippen LogP contribution is -2.67. The molecule has 0 N–H and O–H groups in total. The van der Waals surface area contributed by atoms with Gasteiger partial charge in [0.05, 0.1) is 18.7 Å². The van der Waals surface area contributed by atoms with Crippen molar-refractivity contribution < 1.29 is 14.3 Å². The molecule has 3 aromatic rings. The maximum atomic E-state index is 13.7. The summed E-state index contributed by atoms with van der Waals surface area (Å²) in [5.74, 6) is -0.924. The van der Waals surface area contributed by atoms with Gasteiger partial charge in [-0.25, -0.2) is 4.90 Å². The van der Waals surface area contributed by atoms with Crippen molar-refractivity contribution in [3.8, 4) is 0 Å². The van der Waals surface area contributed by atoms with Crippen molar-refractivity contribution in [3.63, 3.8) is 0 Å². The van der Waals surface area contributed by atoms with E-state index in [1.807, 2.05) is 77.7 Å². The number of carbonyl (C=O) groups excluding carboxylic acids is 1. The van der Waals surface area contributed by atoms with E-state index in [1.54, 1.807) is 0 Å². The van der Waals surface area contributed by atoms with Crippen molar-refractivity contribution >= 4 is 17.5 Å². The van der Waals surface area contributed by atoms with Crippen LogP contribution in [0.3, 0.4) is 0 Å². The lowest BCUT2D eigenvalue weighted by molar-refractivity contribution is -0.247. The molecule has 32 heavy (non-hydrogen) atoms. The summed E-state index contributed by atoms with van der Waals surface area (Å²) in [6, 6.07) is 27.7. The topological polar surface area (TPSA) is 42.0 Å². The largest absolute Gasteiger partial charge is 0.372 e. The monoisotopic (exact) mass is 446 g/mol. The van der Waals surface area contributed by atoms with Crippen LogP contribution in [0.2, 0.25) is 5.02 Å². The highest BCUT2D eigenvalue weighted by molar-refractivity contribution is 6.30. The van der Waals surface area contributed by atoms with Gasteiger partial charge in [-0.15, -0.1) is 0 Å². The van der Waals surface area contributed by atoms with Crippen molar-refractivity contribution in [2.45, 2.75) is 30.6 Å². The van der Waals surface area contributed by atoms with Gasteiger partial charge in [-0.2, -0.15) is 0 Å². The van der Waals surface area contributed by atoms with Gasteiger partial charge < -0.3 is 9.47 Å². The van der Waals surface area contributed by atoms with Gasteiger partial charge in [0.25, 0.3) is 5.91 Å². The molecular formula is C26H23ClN2O3. The molecule has 162 valence electrons. The summed E-state index contributed by atoms with van der Waals surface area (Å²) in [7, 11) is 0. The second-order valence-electron chi connectivity index (χ2n) is 8.54. The third-order valence-electron chi connectivity index (χ3n) is 6.71. The van der Waals surface area contributed by atoms with E-state index in [2.05, 4.69) is 17.0 Å². The standard InChI is InChI=1S/C26H23ClN2O3/c27-21-13-11-20(12-14-21)23-24-25(30)29-22(19-9-5-2-6-10-19)16-31-17-26(29,32-24)28(23)15-18-7-3-1-4-8-18/h1-14,22-24H,15-17H2/t22-,23+,24-,26+/m0/s1. The first-order valence-electron chi connectivity index (χ1n) is 10.9. The highest BCUT2D eigenvalue weighted by Gasteiger charge is 2.69. The summed E-state index contributed by atoms with van der Waals surface area (Å²) in [4.78, 5) is 17.9. The first-order valence-corrected chi connectivity index (χ1v) is 11.2. The molecule has 3 saturated heterocycles. The maximum absolute atomic E-state index is 13.7. The molecule has 1 spiro atoms. The molecule has 3 aliphatic rings. The average molecular weight is 447 g/mol. The van der Waals surface area contributed by atoms with Crippen LogP contribution in [0, 0.1) is 0 Å². The van der Waals surface area contributed by atoms with E-state index >= 15 is 0 Å². The molecular weight excluding hydrogens is 424 g/mol. The normalized spacial score (nSPS) is 29.3. The number of hydrogen-bond donors (Lipinski definition) is 0. The number of rotatable bonds is 4. The van der Waals surface area contributed by atoms with E-state index in [-0.39, 0.29) is 18.0 Å². The SMILES string of the molecule is O=C1[C@H]2O[C@]3(COC[C@@H](c4ccccc4)N13)N(Cc1ccccc1)[C@@H]2c1ccc(Cl)cc1. The Morgan fingerprint density at radius 2 is 1.59 bits per heavy atom. The number of morpholine rings is 1. The lowest BCUT2D eigenvalue weighted by Gasteiger charge is -2.52. The van der Waals surface area contributed by atoms with Crippen LogP contribution in [-0.4, -0.2) is 40.9 Å². The Morgan fingerprint density at radius 3 is 2.31 bits per heavy atom. The number of amides is 1. The highest BCUT2D eigenvalue weighted by Crippen LogP contribution is 2.54. The second kappa shape index (κ2) is 7.71. The fourth-order valence-corrected chi connectivity index (χ4v) is 5.43. The molecule has 4 atom stereocenters. The van der Waals surface area contributed by atoms with E-state index in [0.717, 1.165) is 16.7 Å². The number of fused-ring (bicyclic) bond motifs is 1. The van der Waals surface area contributed by atoms with Crippen LogP contribution in [0.5, 0.6) is 0 Å². The first kappa shape index (κ1) is 19.9. The predicted octanol–water partition coefficient (Wildman–Crippen LogP) is 4.55. The molecule has 0 saturated carbocycles. The van der Waals surface area contributed by atoms with E-state index < -0.39 is 12.0 Å². The quantitative estimate of drug-likeness (QED) is 0.589. The second-order valence-corrected chi connectivity index (χ2v) is 8.98. The molecule has 6 rings (SSSR count). The number of benzene rings is 3. The molecule has 3 aromatic carbocycles. The van der Waals surface area contributed by atoms with E-state index in [9.17, 15) is 4.79 Å².